The molecule has 1 aliphatic heterocycles. The van der Waals surface area contributed by atoms with E-state index in [0.717, 1.165) is 16.8 Å². The Morgan fingerprint density at radius 3 is 2.28 bits per heavy atom. The summed E-state index contributed by atoms with van der Waals surface area (Å²) in [6.07, 6.45) is 0. The SMILES string of the molecule is CC(C)(C)C1=C(C#N)[C@@H](c2ccc(OCc3c(Cl)cccc3Cl)cc2)NC(=S)N1. The van der Waals surface area contributed by atoms with Gasteiger partial charge in [0.15, 0.2) is 5.11 Å². The van der Waals surface area contributed by atoms with E-state index in [1.165, 1.54) is 0 Å². The third-order valence-electron chi connectivity index (χ3n) is 4.60. The fourth-order valence-corrected chi connectivity index (χ4v) is 3.84. The third kappa shape index (κ3) is 4.84. The lowest BCUT2D eigenvalue weighted by Crippen LogP contribution is -2.46. The molecule has 7 heteroatoms. The second-order valence-corrected chi connectivity index (χ2v) is 8.96. The topological polar surface area (TPSA) is 57.1 Å². The number of thiocarbonyl (C=S) groups is 1. The van der Waals surface area contributed by atoms with Crippen LogP contribution in [0.15, 0.2) is 53.7 Å². The summed E-state index contributed by atoms with van der Waals surface area (Å²) in [7, 11) is 0. The Hall–Kier alpha value is -2.26. The van der Waals surface area contributed by atoms with E-state index >= 15 is 0 Å². The predicted octanol–water partition coefficient (Wildman–Crippen LogP) is 5.91. The zero-order chi connectivity index (χ0) is 21.2. The van der Waals surface area contributed by atoms with Crippen LogP contribution in [0.5, 0.6) is 5.75 Å². The molecule has 0 aromatic heterocycles. The van der Waals surface area contributed by atoms with Crippen molar-refractivity contribution in [3.8, 4) is 11.8 Å². The van der Waals surface area contributed by atoms with Gasteiger partial charge in [0, 0.05) is 26.7 Å². The average Bonchev–Trinajstić information content (AvgIpc) is 2.67. The molecule has 2 aromatic carbocycles. The number of benzene rings is 2. The second-order valence-electron chi connectivity index (χ2n) is 7.74. The minimum atomic E-state index is -0.310. The maximum absolute atomic E-state index is 9.78. The summed E-state index contributed by atoms with van der Waals surface area (Å²) in [5.74, 6) is 0.680. The molecule has 2 N–H and O–H groups in total. The summed E-state index contributed by atoms with van der Waals surface area (Å²) in [6.45, 7) is 6.42. The fraction of sp³-hybridized carbons (Fsp3) is 0.273. The van der Waals surface area contributed by atoms with Gasteiger partial charge < -0.3 is 15.4 Å². The van der Waals surface area contributed by atoms with Crippen molar-refractivity contribution >= 4 is 40.5 Å². The predicted molar refractivity (Wildman–Crippen MR) is 121 cm³/mol. The van der Waals surface area contributed by atoms with Crippen molar-refractivity contribution in [1.29, 1.82) is 5.26 Å². The van der Waals surface area contributed by atoms with Gasteiger partial charge in [-0.15, -0.1) is 0 Å². The average molecular weight is 446 g/mol. The molecular weight excluding hydrogens is 425 g/mol. The van der Waals surface area contributed by atoms with Crippen molar-refractivity contribution in [1.82, 2.24) is 10.6 Å². The van der Waals surface area contributed by atoms with Crippen LogP contribution in [-0.2, 0) is 6.61 Å². The first-order chi connectivity index (χ1) is 13.7. The van der Waals surface area contributed by atoms with E-state index in [9.17, 15) is 5.26 Å². The van der Waals surface area contributed by atoms with Crippen molar-refractivity contribution < 1.29 is 4.74 Å². The van der Waals surface area contributed by atoms with Crippen LogP contribution in [0.2, 0.25) is 10.0 Å². The summed E-state index contributed by atoms with van der Waals surface area (Å²) in [4.78, 5) is 0. The van der Waals surface area contributed by atoms with Gasteiger partial charge in [-0.05, 0) is 42.0 Å². The molecule has 0 amide bonds. The summed E-state index contributed by atoms with van der Waals surface area (Å²) in [6, 6.07) is 15.0. The number of nitrogens with zero attached hydrogens (tertiary/aromatic N) is 1. The number of ether oxygens (including phenoxy) is 1. The number of hydrogen-bond donors (Lipinski definition) is 2. The van der Waals surface area contributed by atoms with E-state index in [2.05, 4.69) is 37.5 Å². The largest absolute Gasteiger partial charge is 0.489 e. The Kier molecular flexibility index (Phi) is 6.38. The first-order valence-electron chi connectivity index (χ1n) is 9.08. The van der Waals surface area contributed by atoms with Gasteiger partial charge in [0.25, 0.3) is 0 Å². The molecule has 0 aliphatic carbocycles. The molecular formula is C22H21Cl2N3OS. The summed E-state index contributed by atoms with van der Waals surface area (Å²) in [5.41, 5.74) is 2.90. The monoisotopic (exact) mass is 445 g/mol. The highest BCUT2D eigenvalue weighted by atomic mass is 35.5. The standard InChI is InChI=1S/C22H21Cl2N3OS/c1-22(2,3)20-15(11-25)19(26-21(29)27-20)13-7-9-14(10-8-13)28-12-16-17(23)5-4-6-18(16)24/h4-10,19H,12H2,1-3H3,(H2,26,27,29)/t19-/m1/s1. The molecule has 29 heavy (non-hydrogen) atoms. The zero-order valence-corrected chi connectivity index (χ0v) is 18.7. The normalized spacial score (nSPS) is 16.7. The maximum Gasteiger partial charge on any atom is 0.171 e. The van der Waals surface area contributed by atoms with Crippen molar-refractivity contribution in [2.24, 2.45) is 5.41 Å². The van der Waals surface area contributed by atoms with Crippen LogP contribution >= 0.6 is 35.4 Å². The molecule has 0 saturated heterocycles. The van der Waals surface area contributed by atoms with Crippen molar-refractivity contribution in [2.75, 3.05) is 0 Å². The summed E-state index contributed by atoms with van der Waals surface area (Å²) < 4.78 is 5.84. The molecule has 2 aromatic rings. The van der Waals surface area contributed by atoms with Crippen molar-refractivity contribution in [3.05, 3.63) is 74.9 Å². The minimum Gasteiger partial charge on any atom is -0.489 e. The van der Waals surface area contributed by atoms with Gasteiger partial charge in [0.2, 0.25) is 0 Å². The van der Waals surface area contributed by atoms with Crippen LogP contribution < -0.4 is 15.4 Å². The fourth-order valence-electron chi connectivity index (χ4n) is 3.11. The van der Waals surface area contributed by atoms with Crippen LogP contribution in [0.25, 0.3) is 0 Å². The number of allylic oxidation sites excluding steroid dienone is 1. The Bertz CT molecular complexity index is 984. The van der Waals surface area contributed by atoms with E-state index in [-0.39, 0.29) is 18.1 Å². The highest BCUT2D eigenvalue weighted by molar-refractivity contribution is 7.80. The van der Waals surface area contributed by atoms with E-state index in [1.807, 2.05) is 24.3 Å². The maximum atomic E-state index is 9.78. The zero-order valence-electron chi connectivity index (χ0n) is 16.3. The van der Waals surface area contributed by atoms with Gasteiger partial charge in [0.05, 0.1) is 17.7 Å². The quantitative estimate of drug-likeness (QED) is 0.572. The second kappa shape index (κ2) is 8.62. The van der Waals surface area contributed by atoms with Crippen LogP contribution in [0.1, 0.15) is 37.9 Å². The number of nitriles is 1. The van der Waals surface area contributed by atoms with Crippen LogP contribution in [0.3, 0.4) is 0 Å². The Labute approximate surface area is 186 Å². The van der Waals surface area contributed by atoms with Gasteiger partial charge >= 0.3 is 0 Å². The van der Waals surface area contributed by atoms with Crippen LogP contribution in [-0.4, -0.2) is 5.11 Å². The summed E-state index contributed by atoms with van der Waals surface area (Å²) in [5, 5.41) is 17.8. The number of hydrogen-bond acceptors (Lipinski definition) is 3. The van der Waals surface area contributed by atoms with Crippen LogP contribution in [0, 0.1) is 16.7 Å². The van der Waals surface area contributed by atoms with Gasteiger partial charge in [0.1, 0.15) is 12.4 Å². The molecule has 0 radical (unpaired) electrons. The highest BCUT2D eigenvalue weighted by Crippen LogP contribution is 2.35. The summed E-state index contributed by atoms with van der Waals surface area (Å²) >= 11 is 17.7. The Morgan fingerprint density at radius 1 is 1.10 bits per heavy atom. The van der Waals surface area contributed by atoms with E-state index in [0.29, 0.717) is 26.5 Å². The van der Waals surface area contributed by atoms with E-state index < -0.39 is 0 Å². The molecule has 0 saturated carbocycles. The van der Waals surface area contributed by atoms with Gasteiger partial charge in [-0.25, -0.2) is 0 Å². The van der Waals surface area contributed by atoms with Crippen molar-refractivity contribution in [3.63, 3.8) is 0 Å². The number of nitrogens with one attached hydrogen (secondary N) is 2. The molecule has 0 spiro atoms. The molecule has 0 unspecified atom stereocenters. The minimum absolute atomic E-state index is 0.229. The highest BCUT2D eigenvalue weighted by Gasteiger charge is 2.32. The first-order valence-corrected chi connectivity index (χ1v) is 10.2. The molecule has 3 rings (SSSR count). The van der Waals surface area contributed by atoms with Crippen molar-refractivity contribution in [2.45, 2.75) is 33.4 Å². The molecule has 1 atom stereocenters. The lowest BCUT2D eigenvalue weighted by Gasteiger charge is -2.34. The Balaban J connectivity index is 1.82. The van der Waals surface area contributed by atoms with Gasteiger partial charge in [-0.1, -0.05) is 62.2 Å². The molecule has 1 heterocycles. The molecule has 0 fully saturated rings. The molecule has 150 valence electrons. The van der Waals surface area contributed by atoms with Gasteiger partial charge in [-0.3, -0.25) is 0 Å². The molecule has 1 aliphatic rings. The third-order valence-corrected chi connectivity index (χ3v) is 5.53. The molecule has 0 bridgehead atoms. The van der Waals surface area contributed by atoms with Crippen LogP contribution in [0.4, 0.5) is 0 Å². The number of rotatable bonds is 4. The number of halogens is 2. The Morgan fingerprint density at radius 2 is 1.72 bits per heavy atom. The first kappa shape index (κ1) is 21.4. The lowest BCUT2D eigenvalue weighted by molar-refractivity contribution is 0.306. The van der Waals surface area contributed by atoms with Gasteiger partial charge in [-0.2, -0.15) is 5.26 Å². The molecule has 4 nitrogen and oxygen atoms in total. The smallest absolute Gasteiger partial charge is 0.171 e. The lowest BCUT2D eigenvalue weighted by atomic mass is 9.84. The van der Waals surface area contributed by atoms with E-state index in [4.69, 9.17) is 40.2 Å². The van der Waals surface area contributed by atoms with E-state index in [1.54, 1.807) is 18.2 Å².